The lowest BCUT2D eigenvalue weighted by Gasteiger charge is -2.47. The Morgan fingerprint density at radius 2 is 1.64 bits per heavy atom. The number of ether oxygens (including phenoxy) is 8. The molecule has 6 rings (SSSR count). The molecule has 2 amide bonds. The molecule has 0 aliphatic carbocycles. The molecule has 76 heavy (non-hydrogen) atoms. The van der Waals surface area contributed by atoms with Crippen LogP contribution in [0.25, 0.3) is 0 Å². The molecular formula is C54H90FN5O16. The third-order valence-electron chi connectivity index (χ3n) is 16.7. The van der Waals surface area contributed by atoms with E-state index >= 15 is 4.39 Å². The molecule has 0 aromatic heterocycles. The Balaban J connectivity index is 1.13. The first-order chi connectivity index (χ1) is 35.7. The topological polar surface area (TPSA) is 251 Å². The zero-order valence-corrected chi connectivity index (χ0v) is 46.9. The number of hydrogen-bond donors (Lipinski definition) is 6. The van der Waals surface area contributed by atoms with Gasteiger partial charge in [-0.05, 0) is 119 Å². The minimum Gasteiger partial charge on any atom is -0.459 e. The largest absolute Gasteiger partial charge is 0.459 e. The number of nitrogens with zero attached hydrogens (tertiary/aromatic N) is 4. The number of esters is 1. The van der Waals surface area contributed by atoms with Crippen molar-refractivity contribution in [2.45, 2.75) is 204 Å². The molecule has 22 heteroatoms. The molecule has 5 aliphatic rings. The van der Waals surface area contributed by atoms with E-state index in [0.29, 0.717) is 63.6 Å². The van der Waals surface area contributed by atoms with Crippen LogP contribution in [0.15, 0.2) is 18.2 Å². The van der Waals surface area contributed by atoms with Crippen LogP contribution in [0.2, 0.25) is 0 Å². The normalized spacial score (nSPS) is 39.8. The standard InChI is InChI=1S/C54H90FN5O16/c1-13-42-54(9,68)47(63)34(5)58(11)29-31(2)26-52(7,67)43(25-41(33(4)49(65)75-42)74-45-27-53(8,69-12)48(64)35(6)72-45)76-50-46(62)40(23-32(3)71-50)57(10)18-14-15-44(61)56-28-37-30-60(51(66)73-37)36-16-17-39(38(55)24-36)59-19-21-70-22-20-59/h16-17,24,31-35,37,40-43,45-48,50,62-64,67-68H,13-15,18-23,25-30H2,1-12H3,(H,56,61)/t31-,32-,33-,34-,35+,37+,40+,41+,42-,43-,45+,46-,47-,48+,50+,52-,53-,54-/m1/s1. The van der Waals surface area contributed by atoms with E-state index < -0.39 is 120 Å². The van der Waals surface area contributed by atoms with E-state index in [0.717, 1.165) is 0 Å². The second-order valence-electron chi connectivity index (χ2n) is 23.0. The number of amides is 2. The molecule has 0 bridgehead atoms. The van der Waals surface area contributed by atoms with E-state index in [1.165, 1.54) is 25.0 Å². The van der Waals surface area contributed by atoms with Gasteiger partial charge in [-0.25, -0.2) is 9.18 Å². The molecule has 1 aromatic rings. The lowest BCUT2D eigenvalue weighted by atomic mass is 9.83. The molecular weight excluding hydrogens is 994 g/mol. The molecule has 0 unspecified atom stereocenters. The summed E-state index contributed by atoms with van der Waals surface area (Å²) in [7, 11) is 5.14. The highest BCUT2D eigenvalue weighted by Gasteiger charge is 2.51. The monoisotopic (exact) mass is 1080 g/mol. The second-order valence-corrected chi connectivity index (χ2v) is 23.0. The molecule has 5 aliphatic heterocycles. The Kier molecular flexibility index (Phi) is 21.4. The lowest BCUT2D eigenvalue weighted by molar-refractivity contribution is -0.308. The van der Waals surface area contributed by atoms with E-state index in [1.807, 2.05) is 42.6 Å². The van der Waals surface area contributed by atoms with Crippen LogP contribution in [0.5, 0.6) is 0 Å². The maximum Gasteiger partial charge on any atom is 0.414 e. The summed E-state index contributed by atoms with van der Waals surface area (Å²) in [6, 6.07) is 3.54. The maximum absolute atomic E-state index is 15.2. The van der Waals surface area contributed by atoms with Crippen molar-refractivity contribution >= 4 is 29.3 Å². The second kappa shape index (κ2) is 26.3. The number of aliphatic hydroxyl groups is 5. The molecule has 6 N–H and O–H groups in total. The quantitative estimate of drug-likeness (QED) is 0.138. The number of cyclic esters (lactones) is 2. The predicted molar refractivity (Wildman–Crippen MR) is 278 cm³/mol. The Bertz CT molecular complexity index is 2070. The summed E-state index contributed by atoms with van der Waals surface area (Å²) in [5.74, 6) is -2.74. The molecule has 5 fully saturated rings. The number of methoxy groups -OCH3 is 1. The van der Waals surface area contributed by atoms with Gasteiger partial charge in [0.2, 0.25) is 5.91 Å². The molecule has 1 aromatic carbocycles. The molecule has 0 saturated carbocycles. The van der Waals surface area contributed by atoms with Crippen molar-refractivity contribution in [3.8, 4) is 0 Å². The number of carbonyl (C=O) groups is 3. The molecule has 5 heterocycles. The van der Waals surface area contributed by atoms with E-state index in [9.17, 15) is 39.9 Å². The van der Waals surface area contributed by atoms with Crippen molar-refractivity contribution in [3.63, 3.8) is 0 Å². The van der Waals surface area contributed by atoms with Crippen LogP contribution in [-0.2, 0) is 47.5 Å². The summed E-state index contributed by atoms with van der Waals surface area (Å²) < 4.78 is 63.8. The SMILES string of the molecule is CC[C@H]1OC(=O)[C@H](C)[C@@H](O[C@H]2C[C@@](C)(OC)[C@@H](O)[C@H](C)O2)C[C@@H](O[C@@H]2O[C@H](C)C[C@H](N(C)CCCC(=O)NC[C@H]3CN(c4ccc(N5CCOCC5)c(F)c4)C(=O)O3)[C@H]2O)[C@](C)(O)C[C@@H](C)CN(C)[C@H](C)[C@@H](O)[C@]1(C)O. The number of halogens is 1. The summed E-state index contributed by atoms with van der Waals surface area (Å²) in [5, 5.41) is 62.1. The third kappa shape index (κ3) is 14.9. The average molecular weight is 1080 g/mol. The van der Waals surface area contributed by atoms with Crippen molar-refractivity contribution in [3.05, 3.63) is 24.0 Å². The predicted octanol–water partition coefficient (Wildman–Crippen LogP) is 2.92. The Hall–Kier alpha value is -3.36. The highest BCUT2D eigenvalue weighted by Crippen LogP contribution is 2.39. The number of carbonyl (C=O) groups excluding carboxylic acids is 3. The smallest absolute Gasteiger partial charge is 0.414 e. The van der Waals surface area contributed by atoms with E-state index in [1.54, 1.807) is 53.7 Å². The van der Waals surface area contributed by atoms with Crippen LogP contribution >= 0.6 is 0 Å². The number of rotatable bonds is 15. The Morgan fingerprint density at radius 1 is 0.947 bits per heavy atom. The summed E-state index contributed by atoms with van der Waals surface area (Å²) in [6.07, 6.45) is -10.3. The van der Waals surface area contributed by atoms with Crippen molar-refractivity contribution in [1.82, 2.24) is 15.1 Å². The number of aliphatic hydroxyl groups excluding tert-OH is 3. The number of nitrogens with one attached hydrogen (secondary N) is 1. The molecule has 434 valence electrons. The zero-order valence-electron chi connectivity index (χ0n) is 46.9. The van der Waals surface area contributed by atoms with Gasteiger partial charge in [-0.1, -0.05) is 13.8 Å². The van der Waals surface area contributed by atoms with Crippen LogP contribution in [0.1, 0.15) is 107 Å². The first-order valence-corrected chi connectivity index (χ1v) is 27.3. The molecule has 0 radical (unpaired) electrons. The Labute approximate surface area is 448 Å². The minimum atomic E-state index is -1.85. The summed E-state index contributed by atoms with van der Waals surface area (Å²) >= 11 is 0. The Morgan fingerprint density at radius 3 is 2.30 bits per heavy atom. The average Bonchev–Trinajstić information content (AvgIpc) is 3.75. The van der Waals surface area contributed by atoms with Gasteiger partial charge < -0.3 is 83.4 Å². The van der Waals surface area contributed by atoms with Gasteiger partial charge in [0.05, 0.1) is 79.2 Å². The van der Waals surface area contributed by atoms with E-state index in [4.69, 9.17) is 37.9 Å². The lowest BCUT2D eigenvalue weighted by Crippen LogP contribution is -2.59. The first kappa shape index (κ1) is 61.8. The third-order valence-corrected chi connectivity index (χ3v) is 16.7. The van der Waals surface area contributed by atoms with Gasteiger partial charge in [0, 0.05) is 58.1 Å². The fraction of sp³-hybridized carbons (Fsp3) is 0.833. The fourth-order valence-corrected chi connectivity index (χ4v) is 11.6. The highest BCUT2D eigenvalue weighted by molar-refractivity contribution is 5.90. The van der Waals surface area contributed by atoms with E-state index in [-0.39, 0.29) is 57.0 Å². The summed E-state index contributed by atoms with van der Waals surface area (Å²) in [5.41, 5.74) is -3.78. The first-order valence-electron chi connectivity index (χ1n) is 27.3. The number of benzene rings is 1. The van der Waals surface area contributed by atoms with Crippen molar-refractivity contribution in [2.24, 2.45) is 11.8 Å². The molecule has 0 spiro atoms. The number of hydrogen-bond acceptors (Lipinski definition) is 19. The van der Waals surface area contributed by atoms with Gasteiger partial charge in [0.25, 0.3) is 0 Å². The van der Waals surface area contributed by atoms with Crippen LogP contribution < -0.4 is 15.1 Å². The van der Waals surface area contributed by atoms with Crippen LogP contribution in [0.3, 0.4) is 0 Å². The minimum absolute atomic E-state index is 0.0683. The van der Waals surface area contributed by atoms with Crippen LogP contribution in [0.4, 0.5) is 20.6 Å². The summed E-state index contributed by atoms with van der Waals surface area (Å²) in [6.45, 7) is 18.6. The maximum atomic E-state index is 15.2. The number of morpholine rings is 1. The fourth-order valence-electron chi connectivity index (χ4n) is 11.6. The molecule has 18 atom stereocenters. The summed E-state index contributed by atoms with van der Waals surface area (Å²) in [4.78, 5) is 47.4. The zero-order chi connectivity index (χ0) is 56.0. The van der Waals surface area contributed by atoms with Gasteiger partial charge in [-0.15, -0.1) is 0 Å². The van der Waals surface area contributed by atoms with Crippen molar-refractivity contribution < 1.29 is 82.2 Å². The van der Waals surface area contributed by atoms with Gasteiger partial charge in [-0.2, -0.15) is 0 Å². The highest BCUT2D eigenvalue weighted by atomic mass is 19.1. The van der Waals surface area contributed by atoms with E-state index in [2.05, 4.69) is 5.32 Å². The van der Waals surface area contributed by atoms with Crippen molar-refractivity contribution in [1.29, 1.82) is 0 Å². The van der Waals surface area contributed by atoms with Gasteiger partial charge >= 0.3 is 12.1 Å². The van der Waals surface area contributed by atoms with Crippen LogP contribution in [-0.4, -0.2) is 223 Å². The molecule has 5 saturated heterocycles. The molecule has 21 nitrogen and oxygen atoms in total. The van der Waals surface area contributed by atoms with Crippen LogP contribution in [0, 0.1) is 17.7 Å². The van der Waals surface area contributed by atoms with Gasteiger partial charge in [0.1, 0.15) is 41.9 Å². The van der Waals surface area contributed by atoms with Gasteiger partial charge in [-0.3, -0.25) is 14.5 Å². The van der Waals surface area contributed by atoms with Crippen molar-refractivity contribution in [2.75, 3.05) is 83.5 Å². The number of likely N-dealkylation sites (N-methyl/N-ethyl adjacent to an activating group) is 2. The number of anilines is 2. The van der Waals surface area contributed by atoms with Gasteiger partial charge in [0.15, 0.2) is 12.6 Å².